The molecule has 2 aliphatic heterocycles. The molecule has 8 heteroatoms. The quantitative estimate of drug-likeness (QED) is 0.654. The van der Waals surface area contributed by atoms with Gasteiger partial charge in [0, 0.05) is 48.1 Å². The lowest BCUT2D eigenvalue weighted by molar-refractivity contribution is 0.0999. The summed E-state index contributed by atoms with van der Waals surface area (Å²) in [7, 11) is 1.92. The number of nitrogens with two attached hydrogens (primary N) is 1. The summed E-state index contributed by atoms with van der Waals surface area (Å²) in [6.07, 6.45) is 1.39. The van der Waals surface area contributed by atoms with Gasteiger partial charge in [-0.25, -0.2) is 4.98 Å². The van der Waals surface area contributed by atoms with Crippen molar-refractivity contribution >= 4 is 29.0 Å². The molecule has 1 unspecified atom stereocenters. The molecule has 164 valence electrons. The second kappa shape index (κ2) is 7.80. The molecule has 3 aromatic rings. The van der Waals surface area contributed by atoms with Crippen molar-refractivity contribution < 1.29 is 14.6 Å². The highest BCUT2D eigenvalue weighted by Gasteiger charge is 2.33. The number of anilines is 4. The van der Waals surface area contributed by atoms with E-state index in [2.05, 4.69) is 11.8 Å². The van der Waals surface area contributed by atoms with Gasteiger partial charge in [0.15, 0.2) is 0 Å². The topological polar surface area (TPSA) is 105 Å². The number of benzene rings is 2. The number of aromatic hydroxyl groups is 1. The van der Waals surface area contributed by atoms with Crippen molar-refractivity contribution in [2.24, 2.45) is 5.73 Å². The van der Waals surface area contributed by atoms with Crippen molar-refractivity contribution in [3.8, 4) is 5.75 Å². The van der Waals surface area contributed by atoms with Crippen molar-refractivity contribution in [2.45, 2.75) is 32.4 Å². The normalized spacial score (nSPS) is 17.1. The maximum atomic E-state index is 12.0. The number of fused-ring (bicyclic) bond motifs is 2. The highest BCUT2D eigenvalue weighted by Crippen LogP contribution is 2.40. The van der Waals surface area contributed by atoms with Crippen LogP contribution in [0.1, 0.15) is 34.1 Å². The number of phenols is 1. The first kappa shape index (κ1) is 20.3. The van der Waals surface area contributed by atoms with Gasteiger partial charge < -0.3 is 25.4 Å². The lowest BCUT2D eigenvalue weighted by Crippen LogP contribution is -2.29. The van der Waals surface area contributed by atoms with Gasteiger partial charge in [0.05, 0.1) is 18.9 Å². The predicted molar refractivity (Wildman–Crippen MR) is 122 cm³/mol. The molecule has 0 aliphatic carbocycles. The van der Waals surface area contributed by atoms with E-state index < -0.39 is 5.91 Å². The minimum absolute atomic E-state index is 0.0716. The van der Waals surface area contributed by atoms with Crippen LogP contribution in [-0.2, 0) is 24.2 Å². The smallest absolute Gasteiger partial charge is 0.249 e. The number of hydrogen-bond donors (Lipinski definition) is 2. The molecule has 0 radical (unpaired) electrons. The summed E-state index contributed by atoms with van der Waals surface area (Å²) in [5, 5.41) is 9.96. The molecule has 3 heterocycles. The van der Waals surface area contributed by atoms with E-state index in [9.17, 15) is 9.90 Å². The van der Waals surface area contributed by atoms with Gasteiger partial charge in [-0.2, -0.15) is 4.98 Å². The molecular weight excluding hydrogens is 406 g/mol. The summed E-state index contributed by atoms with van der Waals surface area (Å²) in [6.45, 7) is 3.14. The second-order valence-corrected chi connectivity index (χ2v) is 8.24. The van der Waals surface area contributed by atoms with Crippen LogP contribution < -0.4 is 15.5 Å². The van der Waals surface area contributed by atoms with E-state index in [0.717, 1.165) is 34.0 Å². The standard InChI is InChI=1S/C24H25N5O3/c1-14-11-18-17(22(25)31)7-4-8-21(18)29(14)24-26-20-9-10-32-13-19(20)23(27-24)28(2)15-5-3-6-16(30)12-15/h3-8,12,14,30H,9-11,13H2,1-2H3,(H2,25,31). The molecule has 0 bridgehead atoms. The van der Waals surface area contributed by atoms with Gasteiger partial charge in [-0.05, 0) is 43.2 Å². The molecular formula is C24H25N5O3. The summed E-state index contributed by atoms with van der Waals surface area (Å²) in [5.41, 5.74) is 10.7. The second-order valence-electron chi connectivity index (χ2n) is 8.24. The molecule has 0 saturated carbocycles. The third kappa shape index (κ3) is 3.33. The van der Waals surface area contributed by atoms with Gasteiger partial charge in [-0.3, -0.25) is 4.79 Å². The van der Waals surface area contributed by atoms with Gasteiger partial charge in [0.2, 0.25) is 11.9 Å². The molecule has 1 aromatic heterocycles. The van der Waals surface area contributed by atoms with E-state index in [-0.39, 0.29) is 11.8 Å². The molecule has 0 saturated heterocycles. The molecule has 1 amide bonds. The first-order chi connectivity index (χ1) is 15.4. The van der Waals surface area contributed by atoms with Crippen molar-refractivity contribution in [1.29, 1.82) is 0 Å². The van der Waals surface area contributed by atoms with Crippen molar-refractivity contribution in [3.05, 3.63) is 64.8 Å². The van der Waals surface area contributed by atoms with Crippen LogP contribution in [0, 0.1) is 0 Å². The van der Waals surface area contributed by atoms with Crippen LogP contribution in [0.2, 0.25) is 0 Å². The molecule has 0 fully saturated rings. The van der Waals surface area contributed by atoms with Gasteiger partial charge in [-0.1, -0.05) is 12.1 Å². The largest absolute Gasteiger partial charge is 0.508 e. The lowest BCUT2D eigenvalue weighted by atomic mass is 10.0. The number of aromatic nitrogens is 2. The number of amides is 1. The fourth-order valence-electron chi connectivity index (χ4n) is 4.59. The average Bonchev–Trinajstić information content (AvgIpc) is 3.13. The van der Waals surface area contributed by atoms with Crippen LogP contribution in [0.3, 0.4) is 0 Å². The Hall–Kier alpha value is -3.65. The van der Waals surface area contributed by atoms with E-state index in [4.69, 9.17) is 20.4 Å². The van der Waals surface area contributed by atoms with E-state index in [0.29, 0.717) is 37.6 Å². The highest BCUT2D eigenvalue weighted by molar-refractivity contribution is 5.97. The minimum atomic E-state index is -0.427. The number of ether oxygens (including phenoxy) is 1. The van der Waals surface area contributed by atoms with Gasteiger partial charge in [0.25, 0.3) is 0 Å². The number of nitrogens with zero attached hydrogens (tertiary/aromatic N) is 4. The molecule has 1 atom stereocenters. The van der Waals surface area contributed by atoms with Gasteiger partial charge in [-0.15, -0.1) is 0 Å². The van der Waals surface area contributed by atoms with Gasteiger partial charge >= 0.3 is 0 Å². The summed E-state index contributed by atoms with van der Waals surface area (Å²) in [5.74, 6) is 1.08. The van der Waals surface area contributed by atoms with E-state index in [1.807, 2.05) is 30.1 Å². The minimum Gasteiger partial charge on any atom is -0.508 e. The Balaban J connectivity index is 1.65. The SMILES string of the molecule is CC1Cc2c(C(N)=O)cccc2N1c1nc2c(c(N(C)c3cccc(O)c3)n1)COCC2. The van der Waals surface area contributed by atoms with E-state index in [1.54, 1.807) is 24.3 Å². The zero-order chi connectivity index (χ0) is 22.4. The van der Waals surface area contributed by atoms with Crippen LogP contribution in [-0.4, -0.2) is 40.7 Å². The summed E-state index contributed by atoms with van der Waals surface area (Å²) < 4.78 is 5.71. The number of phenolic OH excluding ortho intramolecular Hbond substituents is 1. The maximum absolute atomic E-state index is 12.0. The van der Waals surface area contributed by atoms with Crippen molar-refractivity contribution in [2.75, 3.05) is 23.5 Å². The summed E-state index contributed by atoms with van der Waals surface area (Å²) in [6, 6.07) is 12.7. The first-order valence-electron chi connectivity index (χ1n) is 10.6. The highest BCUT2D eigenvalue weighted by atomic mass is 16.5. The fraction of sp³-hybridized carbons (Fsp3) is 0.292. The van der Waals surface area contributed by atoms with E-state index in [1.165, 1.54) is 0 Å². The number of primary amides is 1. The maximum Gasteiger partial charge on any atom is 0.249 e. The van der Waals surface area contributed by atoms with Crippen molar-refractivity contribution in [1.82, 2.24) is 9.97 Å². The Morgan fingerprint density at radius 3 is 2.81 bits per heavy atom. The van der Waals surface area contributed by atoms with Crippen LogP contribution in [0.5, 0.6) is 5.75 Å². The number of carbonyl (C=O) groups excluding carboxylic acids is 1. The molecule has 2 aromatic carbocycles. The molecule has 0 spiro atoms. The Morgan fingerprint density at radius 2 is 2.03 bits per heavy atom. The Kier molecular flexibility index (Phi) is 4.94. The third-order valence-electron chi connectivity index (χ3n) is 6.16. The number of carbonyl (C=O) groups is 1. The predicted octanol–water partition coefficient (Wildman–Crippen LogP) is 3.20. The average molecular weight is 431 g/mol. The lowest BCUT2D eigenvalue weighted by Gasteiger charge is -2.29. The third-order valence-corrected chi connectivity index (χ3v) is 6.16. The number of hydrogen-bond acceptors (Lipinski definition) is 7. The Bertz CT molecular complexity index is 1210. The summed E-state index contributed by atoms with van der Waals surface area (Å²) in [4.78, 5) is 25.9. The Morgan fingerprint density at radius 1 is 1.22 bits per heavy atom. The molecule has 2 aliphatic rings. The molecule has 5 rings (SSSR count). The zero-order valence-electron chi connectivity index (χ0n) is 18.1. The number of rotatable bonds is 4. The fourth-order valence-corrected chi connectivity index (χ4v) is 4.59. The first-order valence-corrected chi connectivity index (χ1v) is 10.6. The van der Waals surface area contributed by atoms with Crippen LogP contribution >= 0.6 is 0 Å². The van der Waals surface area contributed by atoms with Gasteiger partial charge in [0.1, 0.15) is 11.6 Å². The van der Waals surface area contributed by atoms with Crippen molar-refractivity contribution in [3.63, 3.8) is 0 Å². The van der Waals surface area contributed by atoms with Crippen LogP contribution in [0.4, 0.5) is 23.1 Å². The van der Waals surface area contributed by atoms with Crippen LogP contribution in [0.25, 0.3) is 0 Å². The van der Waals surface area contributed by atoms with Crippen LogP contribution in [0.15, 0.2) is 42.5 Å². The molecule has 3 N–H and O–H groups in total. The molecule has 8 nitrogen and oxygen atoms in total. The molecule has 32 heavy (non-hydrogen) atoms. The summed E-state index contributed by atoms with van der Waals surface area (Å²) >= 11 is 0. The Labute approximate surface area is 186 Å². The van der Waals surface area contributed by atoms with E-state index >= 15 is 0 Å². The zero-order valence-corrected chi connectivity index (χ0v) is 18.1. The monoisotopic (exact) mass is 431 g/mol.